The van der Waals surface area contributed by atoms with E-state index in [1.54, 1.807) is 4.90 Å². The molecule has 1 unspecified atom stereocenters. The van der Waals surface area contributed by atoms with Crippen molar-refractivity contribution in [2.24, 2.45) is 10.7 Å². The molecule has 1 aromatic carbocycles. The van der Waals surface area contributed by atoms with Crippen molar-refractivity contribution < 1.29 is 23.9 Å². The topological polar surface area (TPSA) is 123 Å². The van der Waals surface area contributed by atoms with E-state index in [0.717, 1.165) is 49.1 Å². The van der Waals surface area contributed by atoms with E-state index >= 15 is 0 Å². The van der Waals surface area contributed by atoms with Gasteiger partial charge in [0.15, 0.2) is 0 Å². The van der Waals surface area contributed by atoms with Crippen molar-refractivity contribution in [3.63, 3.8) is 0 Å². The van der Waals surface area contributed by atoms with Crippen LogP contribution in [0.25, 0.3) is 0 Å². The minimum atomic E-state index is -0.625. The van der Waals surface area contributed by atoms with Crippen LogP contribution in [0.15, 0.2) is 23.2 Å². The first-order chi connectivity index (χ1) is 14.4. The maximum absolute atomic E-state index is 12.1. The molecule has 3 N–H and O–H groups in total. The van der Waals surface area contributed by atoms with Gasteiger partial charge in [-0.1, -0.05) is 19.3 Å². The molecule has 2 amide bonds. The number of esters is 1. The third kappa shape index (κ3) is 5.71. The molecule has 9 heteroatoms. The largest absolute Gasteiger partial charge is 0.494 e. The number of amides is 2. The second kappa shape index (κ2) is 10.1. The number of unbranched alkanes of at least 4 members (excludes halogenated alkanes) is 4. The third-order valence-corrected chi connectivity index (χ3v) is 5.06. The average molecular weight is 416 g/mol. The monoisotopic (exact) mass is 416 g/mol. The van der Waals surface area contributed by atoms with Crippen LogP contribution in [0.3, 0.4) is 0 Å². The van der Waals surface area contributed by atoms with Crippen LogP contribution < -0.4 is 15.8 Å². The van der Waals surface area contributed by atoms with Crippen molar-refractivity contribution in [2.75, 3.05) is 13.2 Å². The molecule has 0 radical (unpaired) electrons. The number of hydrogen-bond acceptors (Lipinski definition) is 7. The average Bonchev–Trinajstić information content (AvgIpc) is 2.98. The molecule has 9 nitrogen and oxygen atoms in total. The summed E-state index contributed by atoms with van der Waals surface area (Å²) in [4.78, 5) is 40.3. The van der Waals surface area contributed by atoms with Gasteiger partial charge in [0.05, 0.1) is 25.3 Å². The zero-order valence-corrected chi connectivity index (χ0v) is 17.2. The molecule has 1 saturated heterocycles. The fourth-order valence-corrected chi connectivity index (χ4v) is 3.55. The molecule has 0 aliphatic carbocycles. The summed E-state index contributed by atoms with van der Waals surface area (Å²) >= 11 is 0. The number of nitrogens with one attached hydrogen (secondary N) is 1. The summed E-state index contributed by atoms with van der Waals surface area (Å²) in [5, 5.41) is 2.71. The Morgan fingerprint density at radius 1 is 1.20 bits per heavy atom. The van der Waals surface area contributed by atoms with Gasteiger partial charge in [0.25, 0.3) is 0 Å². The van der Waals surface area contributed by atoms with Crippen molar-refractivity contribution >= 4 is 29.4 Å². The summed E-state index contributed by atoms with van der Waals surface area (Å²) in [6.45, 7) is 2.99. The van der Waals surface area contributed by atoms with Crippen molar-refractivity contribution in [2.45, 2.75) is 58.0 Å². The molecule has 0 bridgehead atoms. The van der Waals surface area contributed by atoms with E-state index in [9.17, 15) is 14.4 Å². The number of rotatable bonds is 11. The van der Waals surface area contributed by atoms with E-state index in [1.807, 2.05) is 18.2 Å². The van der Waals surface area contributed by atoms with Gasteiger partial charge in [-0.2, -0.15) is 0 Å². The molecule has 0 saturated carbocycles. The predicted molar refractivity (Wildman–Crippen MR) is 110 cm³/mol. The van der Waals surface area contributed by atoms with Crippen LogP contribution in [0.5, 0.6) is 5.75 Å². The van der Waals surface area contributed by atoms with E-state index in [1.165, 1.54) is 6.92 Å². The predicted octanol–water partition coefficient (Wildman–Crippen LogP) is 1.76. The Morgan fingerprint density at radius 3 is 2.67 bits per heavy atom. The molecular weight excluding hydrogens is 388 g/mol. The zero-order chi connectivity index (χ0) is 21.5. The summed E-state index contributed by atoms with van der Waals surface area (Å²) in [6.07, 6.45) is 4.94. The first kappa shape index (κ1) is 21.6. The van der Waals surface area contributed by atoms with Crippen molar-refractivity contribution in [3.8, 4) is 5.75 Å². The smallest absolute Gasteiger partial charge is 0.302 e. The lowest BCUT2D eigenvalue weighted by Crippen LogP contribution is -2.39. The Balaban J connectivity index is 1.44. The normalized spacial score (nSPS) is 17.0. The summed E-state index contributed by atoms with van der Waals surface area (Å²) < 4.78 is 10.8. The number of aliphatic imine (C=N–C) groups is 1. The quantitative estimate of drug-likeness (QED) is 0.418. The minimum absolute atomic E-state index is 0.0444. The molecule has 0 aromatic heterocycles. The van der Waals surface area contributed by atoms with Crippen LogP contribution in [-0.2, 0) is 25.7 Å². The molecule has 1 fully saturated rings. The van der Waals surface area contributed by atoms with Gasteiger partial charge in [-0.05, 0) is 31.0 Å². The van der Waals surface area contributed by atoms with Crippen molar-refractivity contribution in [1.29, 1.82) is 0 Å². The van der Waals surface area contributed by atoms with Gasteiger partial charge < -0.3 is 20.1 Å². The van der Waals surface area contributed by atoms with Gasteiger partial charge in [-0.15, -0.1) is 0 Å². The van der Waals surface area contributed by atoms with Crippen molar-refractivity contribution in [1.82, 2.24) is 10.2 Å². The zero-order valence-electron chi connectivity index (χ0n) is 17.2. The molecule has 1 aromatic rings. The van der Waals surface area contributed by atoms with E-state index in [0.29, 0.717) is 25.7 Å². The molecule has 0 spiro atoms. The Hall–Kier alpha value is -3.10. The Kier molecular flexibility index (Phi) is 7.26. The molecular formula is C21H28N4O5. The summed E-state index contributed by atoms with van der Waals surface area (Å²) in [5.74, 6) is 0.204. The SMILES string of the molecule is CC(=O)OCCCCCCCOc1ccc2c(c1)CN1C(=N2)NC(=O)C1CC(N)=O. The summed E-state index contributed by atoms with van der Waals surface area (Å²) in [6, 6.07) is 5.05. The number of nitrogens with two attached hydrogens (primary N) is 1. The van der Waals surface area contributed by atoms with Crippen LogP contribution >= 0.6 is 0 Å². The van der Waals surface area contributed by atoms with Crippen LogP contribution in [0, 0.1) is 0 Å². The molecule has 1 atom stereocenters. The Labute approximate surface area is 175 Å². The van der Waals surface area contributed by atoms with E-state index in [-0.39, 0.29) is 18.3 Å². The lowest BCUT2D eigenvalue weighted by Gasteiger charge is -2.27. The van der Waals surface area contributed by atoms with Gasteiger partial charge in [0.1, 0.15) is 11.8 Å². The number of fused-ring (bicyclic) bond motifs is 2. The highest BCUT2D eigenvalue weighted by molar-refractivity contribution is 6.09. The number of primary amides is 1. The number of carbonyl (C=O) groups excluding carboxylic acids is 3. The first-order valence-electron chi connectivity index (χ1n) is 10.3. The fraction of sp³-hybridized carbons (Fsp3) is 0.524. The Morgan fingerprint density at radius 2 is 1.93 bits per heavy atom. The first-order valence-corrected chi connectivity index (χ1v) is 10.3. The lowest BCUT2D eigenvalue weighted by atomic mass is 10.1. The van der Waals surface area contributed by atoms with Crippen molar-refractivity contribution in [3.05, 3.63) is 23.8 Å². The second-order valence-electron chi connectivity index (χ2n) is 7.49. The maximum Gasteiger partial charge on any atom is 0.302 e. The molecule has 162 valence electrons. The number of hydrogen-bond donors (Lipinski definition) is 2. The van der Waals surface area contributed by atoms with Crippen LogP contribution in [0.4, 0.5) is 5.69 Å². The van der Waals surface area contributed by atoms with E-state index < -0.39 is 11.9 Å². The summed E-state index contributed by atoms with van der Waals surface area (Å²) in [7, 11) is 0. The second-order valence-corrected chi connectivity index (χ2v) is 7.49. The third-order valence-electron chi connectivity index (χ3n) is 5.06. The minimum Gasteiger partial charge on any atom is -0.494 e. The summed E-state index contributed by atoms with van der Waals surface area (Å²) in [5.41, 5.74) is 6.99. The molecule has 3 rings (SSSR count). The van der Waals surface area contributed by atoms with E-state index in [2.05, 4.69) is 10.3 Å². The Bertz CT molecular complexity index is 839. The highest BCUT2D eigenvalue weighted by atomic mass is 16.5. The molecule has 2 aliphatic heterocycles. The highest BCUT2D eigenvalue weighted by Crippen LogP contribution is 2.32. The fourth-order valence-electron chi connectivity index (χ4n) is 3.55. The van der Waals surface area contributed by atoms with Gasteiger partial charge in [0, 0.05) is 19.0 Å². The lowest BCUT2D eigenvalue weighted by molar-refractivity contribution is -0.141. The van der Waals surface area contributed by atoms with Crippen LogP contribution in [-0.4, -0.2) is 47.9 Å². The number of benzene rings is 1. The number of guanidine groups is 1. The molecule has 2 heterocycles. The van der Waals surface area contributed by atoms with E-state index in [4.69, 9.17) is 15.2 Å². The van der Waals surface area contributed by atoms with Crippen LogP contribution in [0.2, 0.25) is 0 Å². The molecule has 2 aliphatic rings. The molecule has 30 heavy (non-hydrogen) atoms. The van der Waals surface area contributed by atoms with Gasteiger partial charge in [-0.25, -0.2) is 4.99 Å². The van der Waals surface area contributed by atoms with Gasteiger partial charge in [0.2, 0.25) is 17.8 Å². The number of ether oxygens (including phenoxy) is 2. The standard InChI is InChI=1S/C21H28N4O5/c1-14(26)29-9-5-3-2-4-6-10-30-16-7-8-17-15(11-16)13-25-18(12-19(22)27)20(28)24-21(25)23-17/h7-8,11,18H,2-6,9-10,12-13H2,1H3,(H2,22,27)(H,23,24,28). The highest BCUT2D eigenvalue weighted by Gasteiger charge is 2.39. The van der Waals surface area contributed by atoms with Crippen LogP contribution in [0.1, 0.15) is 51.0 Å². The number of nitrogens with zero attached hydrogens (tertiary/aromatic N) is 2. The van der Waals surface area contributed by atoms with Gasteiger partial charge >= 0.3 is 5.97 Å². The van der Waals surface area contributed by atoms with Gasteiger partial charge in [-0.3, -0.25) is 19.7 Å². The number of carbonyl (C=O) groups is 3. The maximum atomic E-state index is 12.1.